The molecule has 124 valence electrons. The van der Waals surface area contributed by atoms with Gasteiger partial charge in [0.05, 0.1) is 18.8 Å². The van der Waals surface area contributed by atoms with Crippen LogP contribution in [0, 0.1) is 0 Å². The highest BCUT2D eigenvalue weighted by molar-refractivity contribution is 5.87. The number of hydrogen-bond donors (Lipinski definition) is 0. The molecule has 1 heterocycles. The molecule has 0 amide bonds. The normalized spacial score (nSPS) is 11.5. The summed E-state index contributed by atoms with van der Waals surface area (Å²) in [4.78, 5) is 11.4. The molecule has 2 aromatic rings. The summed E-state index contributed by atoms with van der Waals surface area (Å²) in [6, 6.07) is 6.22. The number of alkyl halides is 3. The van der Waals surface area contributed by atoms with Gasteiger partial charge in [-0.3, -0.25) is 0 Å². The Labute approximate surface area is 130 Å². The van der Waals surface area contributed by atoms with Gasteiger partial charge in [0.25, 0.3) is 0 Å². The summed E-state index contributed by atoms with van der Waals surface area (Å²) < 4.78 is 52.7. The monoisotopic (exact) mass is 329 g/mol. The number of halogens is 3. The zero-order valence-electron chi connectivity index (χ0n) is 12.2. The first-order chi connectivity index (χ1) is 10.9. The molecule has 0 saturated carbocycles. The Balaban J connectivity index is 1.89. The summed E-state index contributed by atoms with van der Waals surface area (Å²) in [6.45, 7) is 1.83. The van der Waals surface area contributed by atoms with Crippen molar-refractivity contribution in [3.05, 3.63) is 52.9 Å². The minimum Gasteiger partial charge on any atom is -0.461 e. The van der Waals surface area contributed by atoms with Crippen LogP contribution < -0.4 is 0 Å². The molecule has 0 aliphatic carbocycles. The first kappa shape index (κ1) is 17.0. The van der Waals surface area contributed by atoms with E-state index in [1.165, 1.54) is 18.2 Å². The van der Waals surface area contributed by atoms with Crippen molar-refractivity contribution in [2.75, 3.05) is 6.61 Å². The number of esters is 1. The Bertz CT molecular complexity index is 667. The zero-order valence-corrected chi connectivity index (χ0v) is 12.2. The van der Waals surface area contributed by atoms with Crippen molar-refractivity contribution in [2.24, 2.45) is 0 Å². The highest BCUT2D eigenvalue weighted by atomic mass is 19.4. The molecule has 0 aliphatic heterocycles. The van der Waals surface area contributed by atoms with E-state index in [0.717, 1.165) is 12.1 Å². The molecule has 0 unspecified atom stereocenters. The van der Waals surface area contributed by atoms with Crippen LogP contribution in [-0.4, -0.2) is 17.7 Å². The van der Waals surface area contributed by atoms with Gasteiger partial charge < -0.3 is 14.0 Å². The van der Waals surface area contributed by atoms with E-state index in [-0.39, 0.29) is 31.3 Å². The molecule has 0 bridgehead atoms. The largest absolute Gasteiger partial charge is 0.461 e. The van der Waals surface area contributed by atoms with Crippen LogP contribution in [0.1, 0.15) is 34.3 Å². The van der Waals surface area contributed by atoms with Gasteiger partial charge in [0, 0.05) is 6.07 Å². The van der Waals surface area contributed by atoms with Crippen molar-refractivity contribution in [3.8, 4) is 0 Å². The zero-order chi connectivity index (χ0) is 16.9. The average molecular weight is 329 g/mol. The van der Waals surface area contributed by atoms with Gasteiger partial charge in [-0.05, 0) is 24.6 Å². The molecule has 0 atom stereocenters. The number of rotatable bonds is 6. The molecule has 0 saturated heterocycles. The van der Waals surface area contributed by atoms with Gasteiger partial charge in [-0.2, -0.15) is 13.2 Å². The van der Waals surface area contributed by atoms with E-state index in [0.29, 0.717) is 5.56 Å². The molecule has 2 rings (SSSR count). The predicted octanol–water partition coefficient (Wildman–Crippen LogP) is 3.59. The van der Waals surface area contributed by atoms with E-state index in [2.05, 4.69) is 5.16 Å². The molecular formula is C15H14F3NO4. The number of carbonyl (C=O) groups excluding carboxylic acids is 1. The fourth-order valence-corrected chi connectivity index (χ4v) is 1.79. The summed E-state index contributed by atoms with van der Waals surface area (Å²) in [7, 11) is 0. The van der Waals surface area contributed by atoms with E-state index in [9.17, 15) is 18.0 Å². The smallest absolute Gasteiger partial charge is 0.416 e. The van der Waals surface area contributed by atoms with Crippen molar-refractivity contribution in [1.29, 1.82) is 0 Å². The van der Waals surface area contributed by atoms with Crippen LogP contribution in [0.3, 0.4) is 0 Å². The molecule has 0 spiro atoms. The summed E-state index contributed by atoms with van der Waals surface area (Å²) >= 11 is 0. The van der Waals surface area contributed by atoms with Crippen molar-refractivity contribution in [2.45, 2.75) is 26.3 Å². The van der Waals surface area contributed by atoms with Gasteiger partial charge in [-0.1, -0.05) is 17.3 Å². The van der Waals surface area contributed by atoms with Crippen LogP contribution in [0.25, 0.3) is 0 Å². The molecular weight excluding hydrogens is 315 g/mol. The third-order valence-electron chi connectivity index (χ3n) is 2.81. The Morgan fingerprint density at radius 2 is 2.04 bits per heavy atom. The highest BCUT2D eigenvalue weighted by Gasteiger charge is 2.30. The maximum absolute atomic E-state index is 12.6. The predicted molar refractivity (Wildman–Crippen MR) is 72.4 cm³/mol. The molecule has 0 fully saturated rings. The molecule has 0 N–H and O–H groups in total. The number of carbonyl (C=O) groups is 1. The van der Waals surface area contributed by atoms with Crippen LogP contribution in [-0.2, 0) is 28.9 Å². The Hall–Kier alpha value is -2.35. The topological polar surface area (TPSA) is 61.6 Å². The third-order valence-corrected chi connectivity index (χ3v) is 2.81. The summed E-state index contributed by atoms with van der Waals surface area (Å²) in [5.41, 5.74) is -0.336. The molecule has 1 aromatic carbocycles. The van der Waals surface area contributed by atoms with Crippen LogP contribution in [0.15, 0.2) is 34.9 Å². The molecule has 0 radical (unpaired) electrons. The fourth-order valence-electron chi connectivity index (χ4n) is 1.79. The third kappa shape index (κ3) is 4.82. The SMILES string of the molecule is CCOC(=O)c1cc(COCc2cccc(C(F)(F)F)c2)on1. The summed E-state index contributed by atoms with van der Waals surface area (Å²) in [6.07, 6.45) is -4.39. The minimum atomic E-state index is -4.39. The first-order valence-corrected chi connectivity index (χ1v) is 6.76. The van der Waals surface area contributed by atoms with Gasteiger partial charge in [0.1, 0.15) is 6.61 Å². The molecule has 8 heteroatoms. The van der Waals surface area contributed by atoms with Crippen molar-refractivity contribution in [3.63, 3.8) is 0 Å². The number of nitrogens with zero attached hydrogens (tertiary/aromatic N) is 1. The lowest BCUT2D eigenvalue weighted by molar-refractivity contribution is -0.137. The molecule has 5 nitrogen and oxygen atoms in total. The average Bonchev–Trinajstić information content (AvgIpc) is 2.96. The maximum Gasteiger partial charge on any atom is 0.416 e. The van der Waals surface area contributed by atoms with E-state index in [1.807, 2.05) is 0 Å². The van der Waals surface area contributed by atoms with Crippen LogP contribution in [0.5, 0.6) is 0 Å². The van der Waals surface area contributed by atoms with Gasteiger partial charge in [0.15, 0.2) is 11.5 Å². The summed E-state index contributed by atoms with van der Waals surface area (Å²) in [5.74, 6) is -0.333. The fraction of sp³-hybridized carbons (Fsp3) is 0.333. The number of ether oxygens (including phenoxy) is 2. The van der Waals surface area contributed by atoms with E-state index in [4.69, 9.17) is 14.0 Å². The van der Waals surface area contributed by atoms with Crippen LogP contribution >= 0.6 is 0 Å². The lowest BCUT2D eigenvalue weighted by atomic mass is 10.1. The lowest BCUT2D eigenvalue weighted by Crippen LogP contribution is -2.05. The molecule has 23 heavy (non-hydrogen) atoms. The van der Waals surface area contributed by atoms with Gasteiger partial charge in [-0.15, -0.1) is 0 Å². The van der Waals surface area contributed by atoms with Gasteiger partial charge in [0.2, 0.25) is 0 Å². The number of benzene rings is 1. The van der Waals surface area contributed by atoms with Gasteiger partial charge >= 0.3 is 12.1 Å². The molecule has 1 aromatic heterocycles. The quantitative estimate of drug-likeness (QED) is 0.758. The van der Waals surface area contributed by atoms with E-state index < -0.39 is 17.7 Å². The van der Waals surface area contributed by atoms with E-state index in [1.54, 1.807) is 6.92 Å². The Kier molecular flexibility index (Phi) is 5.38. The summed E-state index contributed by atoms with van der Waals surface area (Å²) in [5, 5.41) is 3.53. The van der Waals surface area contributed by atoms with Crippen molar-refractivity contribution in [1.82, 2.24) is 5.16 Å². The van der Waals surface area contributed by atoms with Gasteiger partial charge in [-0.25, -0.2) is 4.79 Å². The lowest BCUT2D eigenvalue weighted by Gasteiger charge is -2.08. The minimum absolute atomic E-state index is 0.0181. The Morgan fingerprint density at radius 3 is 2.74 bits per heavy atom. The molecule has 0 aliphatic rings. The highest BCUT2D eigenvalue weighted by Crippen LogP contribution is 2.29. The second-order valence-corrected chi connectivity index (χ2v) is 4.59. The van der Waals surface area contributed by atoms with Crippen molar-refractivity contribution >= 4 is 5.97 Å². The number of aromatic nitrogens is 1. The second-order valence-electron chi connectivity index (χ2n) is 4.59. The van der Waals surface area contributed by atoms with Crippen molar-refractivity contribution < 1.29 is 32.0 Å². The first-order valence-electron chi connectivity index (χ1n) is 6.76. The maximum atomic E-state index is 12.6. The van der Waals surface area contributed by atoms with E-state index >= 15 is 0 Å². The second kappa shape index (κ2) is 7.28. The Morgan fingerprint density at radius 1 is 1.26 bits per heavy atom. The van der Waals surface area contributed by atoms with Crippen LogP contribution in [0.2, 0.25) is 0 Å². The standard InChI is InChI=1S/C15H14F3NO4/c1-2-22-14(20)13-7-12(23-19-13)9-21-8-10-4-3-5-11(6-10)15(16,17)18/h3-7H,2,8-9H2,1H3. The van der Waals surface area contributed by atoms with Crippen LogP contribution in [0.4, 0.5) is 13.2 Å². The number of hydrogen-bond acceptors (Lipinski definition) is 5.